The average molecular weight is 397 g/mol. The van der Waals surface area contributed by atoms with Crippen molar-refractivity contribution in [2.24, 2.45) is 0 Å². The number of carbonyl (C=O) groups is 3. The number of benzene rings is 2. The molecular weight excluding hydrogens is 374 g/mol. The summed E-state index contributed by atoms with van der Waals surface area (Å²) in [6.45, 7) is 3.63. The number of fused-ring (bicyclic) bond motifs is 1. The summed E-state index contributed by atoms with van der Waals surface area (Å²) in [7, 11) is 0. The van der Waals surface area contributed by atoms with Gasteiger partial charge in [0.15, 0.2) is 23.9 Å². The second-order valence-corrected chi connectivity index (χ2v) is 6.77. The van der Waals surface area contributed by atoms with E-state index in [1.807, 2.05) is 12.1 Å². The maximum absolute atomic E-state index is 12.2. The maximum atomic E-state index is 12.2. The van der Waals surface area contributed by atoms with Gasteiger partial charge in [-0.2, -0.15) is 0 Å². The normalized spacial score (nSPS) is 12.9. The van der Waals surface area contributed by atoms with E-state index in [1.165, 1.54) is 6.07 Å². The Morgan fingerprint density at radius 2 is 1.72 bits per heavy atom. The van der Waals surface area contributed by atoms with Crippen molar-refractivity contribution in [1.29, 1.82) is 0 Å². The third kappa shape index (κ3) is 5.13. The summed E-state index contributed by atoms with van der Waals surface area (Å²) < 4.78 is 15.4. The average Bonchev–Trinajstić information content (AvgIpc) is 3.23. The van der Waals surface area contributed by atoms with Crippen molar-refractivity contribution >= 4 is 17.7 Å². The van der Waals surface area contributed by atoms with E-state index in [2.05, 4.69) is 19.2 Å². The molecule has 7 nitrogen and oxygen atoms in total. The van der Waals surface area contributed by atoms with Gasteiger partial charge >= 0.3 is 5.97 Å². The molecule has 0 saturated carbocycles. The van der Waals surface area contributed by atoms with Crippen molar-refractivity contribution < 1.29 is 28.6 Å². The van der Waals surface area contributed by atoms with Gasteiger partial charge in [0.2, 0.25) is 6.79 Å². The standard InChI is InChI=1S/C22H23NO6/c1-3-14(2)15-4-6-16(7-5-15)18(24)12-27-21(25)11-23-22(26)17-8-9-19-20(10-17)29-13-28-19/h4-10,14H,3,11-13H2,1-2H3,(H,23,26)/t14-/m1/s1. The van der Waals surface area contributed by atoms with Gasteiger partial charge in [-0.05, 0) is 36.1 Å². The highest BCUT2D eigenvalue weighted by molar-refractivity contribution is 5.99. The Kier molecular flexibility index (Phi) is 6.49. The Balaban J connectivity index is 1.44. The van der Waals surface area contributed by atoms with Crippen LogP contribution in [0.4, 0.5) is 0 Å². The summed E-state index contributed by atoms with van der Waals surface area (Å²) in [4.78, 5) is 36.2. The smallest absolute Gasteiger partial charge is 0.325 e. The van der Waals surface area contributed by atoms with Crippen LogP contribution in [0.15, 0.2) is 42.5 Å². The van der Waals surface area contributed by atoms with Gasteiger partial charge in [-0.3, -0.25) is 14.4 Å². The second-order valence-electron chi connectivity index (χ2n) is 6.77. The van der Waals surface area contributed by atoms with Crippen molar-refractivity contribution in [2.45, 2.75) is 26.2 Å². The molecule has 3 rings (SSSR count). The van der Waals surface area contributed by atoms with Gasteiger partial charge < -0.3 is 19.5 Å². The number of ether oxygens (including phenoxy) is 3. The monoisotopic (exact) mass is 397 g/mol. The van der Waals surface area contributed by atoms with E-state index in [-0.39, 0.29) is 25.7 Å². The molecule has 2 aromatic carbocycles. The number of esters is 1. The van der Waals surface area contributed by atoms with E-state index in [1.54, 1.807) is 24.3 Å². The van der Waals surface area contributed by atoms with Gasteiger partial charge in [0, 0.05) is 11.1 Å². The molecule has 0 aromatic heterocycles. The molecule has 29 heavy (non-hydrogen) atoms. The second kappa shape index (κ2) is 9.23. The Labute approximate surface area is 169 Å². The lowest BCUT2D eigenvalue weighted by atomic mass is 9.97. The van der Waals surface area contributed by atoms with Crippen LogP contribution in [0.2, 0.25) is 0 Å². The lowest BCUT2D eigenvalue weighted by Gasteiger charge is -2.10. The minimum Gasteiger partial charge on any atom is -0.456 e. The number of carbonyl (C=O) groups excluding carboxylic acids is 3. The fourth-order valence-electron chi connectivity index (χ4n) is 2.81. The lowest BCUT2D eigenvalue weighted by molar-refractivity contribution is -0.141. The summed E-state index contributed by atoms with van der Waals surface area (Å²) >= 11 is 0. The Hall–Kier alpha value is -3.35. The highest BCUT2D eigenvalue weighted by Crippen LogP contribution is 2.32. The number of Topliss-reactive ketones (excluding diaryl/α,β-unsaturated/α-hetero) is 1. The first-order valence-corrected chi connectivity index (χ1v) is 9.44. The molecule has 1 aliphatic heterocycles. The van der Waals surface area contributed by atoms with Gasteiger partial charge in [0.05, 0.1) is 0 Å². The SMILES string of the molecule is CC[C@@H](C)c1ccc(C(=O)COC(=O)CNC(=O)c2ccc3c(c2)OCO3)cc1. The summed E-state index contributed by atoms with van der Waals surface area (Å²) in [6.07, 6.45) is 1.02. The van der Waals surface area contributed by atoms with Crippen LogP contribution in [-0.2, 0) is 9.53 Å². The molecule has 2 aromatic rings. The molecule has 0 unspecified atom stereocenters. The van der Waals surface area contributed by atoms with Gasteiger partial charge in [-0.15, -0.1) is 0 Å². The molecule has 152 valence electrons. The van der Waals surface area contributed by atoms with E-state index < -0.39 is 11.9 Å². The highest BCUT2D eigenvalue weighted by atomic mass is 16.7. The van der Waals surface area contributed by atoms with Crippen molar-refractivity contribution in [1.82, 2.24) is 5.32 Å². The van der Waals surface area contributed by atoms with Gasteiger partial charge in [-0.1, -0.05) is 38.1 Å². The van der Waals surface area contributed by atoms with Crippen LogP contribution in [0, 0.1) is 0 Å². The first-order chi connectivity index (χ1) is 14.0. The molecule has 1 atom stereocenters. The zero-order chi connectivity index (χ0) is 20.8. The zero-order valence-electron chi connectivity index (χ0n) is 16.4. The highest BCUT2D eigenvalue weighted by Gasteiger charge is 2.17. The van der Waals surface area contributed by atoms with Crippen LogP contribution >= 0.6 is 0 Å². The van der Waals surface area contributed by atoms with E-state index >= 15 is 0 Å². The van der Waals surface area contributed by atoms with Gasteiger partial charge in [0.25, 0.3) is 5.91 Å². The maximum Gasteiger partial charge on any atom is 0.325 e. The van der Waals surface area contributed by atoms with E-state index in [4.69, 9.17) is 14.2 Å². The minimum absolute atomic E-state index is 0.112. The quantitative estimate of drug-likeness (QED) is 0.544. The van der Waals surface area contributed by atoms with Gasteiger partial charge in [-0.25, -0.2) is 0 Å². The van der Waals surface area contributed by atoms with Gasteiger partial charge in [0.1, 0.15) is 6.54 Å². The van der Waals surface area contributed by atoms with Crippen molar-refractivity contribution in [2.75, 3.05) is 19.9 Å². The first-order valence-electron chi connectivity index (χ1n) is 9.44. The molecule has 0 aliphatic carbocycles. The topological polar surface area (TPSA) is 90.9 Å². The number of hydrogen-bond acceptors (Lipinski definition) is 6. The molecule has 1 amide bonds. The van der Waals surface area contributed by atoms with Crippen LogP contribution in [0.1, 0.15) is 52.5 Å². The number of ketones is 1. The number of amides is 1. The molecule has 0 bridgehead atoms. The van der Waals surface area contributed by atoms with Crippen molar-refractivity contribution in [3.05, 3.63) is 59.2 Å². The molecular formula is C22H23NO6. The van der Waals surface area contributed by atoms with Crippen LogP contribution < -0.4 is 14.8 Å². The summed E-state index contributed by atoms with van der Waals surface area (Å²) in [5.41, 5.74) is 1.97. The Bertz CT molecular complexity index is 906. The number of hydrogen-bond donors (Lipinski definition) is 1. The predicted molar refractivity (Wildman–Crippen MR) is 105 cm³/mol. The van der Waals surface area contributed by atoms with E-state index in [0.29, 0.717) is 28.5 Å². The molecule has 0 saturated heterocycles. The number of nitrogens with one attached hydrogen (secondary N) is 1. The molecule has 1 N–H and O–H groups in total. The predicted octanol–water partition coefficient (Wildman–Crippen LogP) is 3.08. The molecule has 0 fully saturated rings. The van der Waals surface area contributed by atoms with Crippen LogP contribution in [0.25, 0.3) is 0 Å². The largest absolute Gasteiger partial charge is 0.456 e. The number of rotatable bonds is 8. The summed E-state index contributed by atoms with van der Waals surface area (Å²) in [5.74, 6) is 0.0270. The third-order valence-corrected chi connectivity index (χ3v) is 4.81. The molecule has 7 heteroatoms. The van der Waals surface area contributed by atoms with Crippen LogP contribution in [0.5, 0.6) is 11.5 Å². The van der Waals surface area contributed by atoms with E-state index in [0.717, 1.165) is 12.0 Å². The summed E-state index contributed by atoms with van der Waals surface area (Å²) in [6, 6.07) is 12.0. The van der Waals surface area contributed by atoms with Crippen molar-refractivity contribution in [3.8, 4) is 11.5 Å². The molecule has 0 spiro atoms. The lowest BCUT2D eigenvalue weighted by Crippen LogP contribution is -2.31. The van der Waals surface area contributed by atoms with Crippen LogP contribution in [0.3, 0.4) is 0 Å². The van der Waals surface area contributed by atoms with Crippen molar-refractivity contribution in [3.63, 3.8) is 0 Å². The fraction of sp³-hybridized carbons (Fsp3) is 0.318. The first kappa shape index (κ1) is 20.4. The Morgan fingerprint density at radius 3 is 2.45 bits per heavy atom. The summed E-state index contributed by atoms with van der Waals surface area (Å²) in [5, 5.41) is 2.46. The zero-order valence-corrected chi connectivity index (χ0v) is 16.4. The fourth-order valence-corrected chi connectivity index (χ4v) is 2.81. The van der Waals surface area contributed by atoms with Crippen LogP contribution in [-0.4, -0.2) is 37.6 Å². The minimum atomic E-state index is -0.691. The Morgan fingerprint density at radius 1 is 1.03 bits per heavy atom. The van der Waals surface area contributed by atoms with E-state index in [9.17, 15) is 14.4 Å². The third-order valence-electron chi connectivity index (χ3n) is 4.81. The molecule has 1 heterocycles. The molecule has 0 radical (unpaired) electrons. The molecule has 1 aliphatic rings.